The van der Waals surface area contributed by atoms with Crippen molar-refractivity contribution in [1.82, 2.24) is 0 Å². The predicted molar refractivity (Wildman–Crippen MR) is 169 cm³/mol. The number of rotatable bonds is 6. The Balaban J connectivity index is 0.000000176. The molecule has 0 radical (unpaired) electrons. The third-order valence-electron chi connectivity index (χ3n) is 6.37. The van der Waals surface area contributed by atoms with Crippen molar-refractivity contribution in [2.45, 2.75) is 0 Å². The van der Waals surface area contributed by atoms with Crippen LogP contribution in [0, 0.1) is 0 Å². The van der Waals surface area contributed by atoms with Gasteiger partial charge in [0.15, 0.2) is 0 Å². The van der Waals surface area contributed by atoms with Crippen LogP contribution in [-0.2, 0) is 5.48 Å². The Hall–Kier alpha value is -3.12. The Morgan fingerprint density at radius 3 is 0.462 bits per heavy atom. The second-order valence-corrected chi connectivity index (χ2v) is 23.1. The van der Waals surface area contributed by atoms with Gasteiger partial charge in [-0.05, 0) is 0 Å². The van der Waals surface area contributed by atoms with Crippen LogP contribution in [0.2, 0.25) is 0 Å². The zero-order valence-electron chi connectivity index (χ0n) is 21.7. The summed E-state index contributed by atoms with van der Waals surface area (Å²) < 4.78 is 9.18. The SMILES string of the molecule is [O-2].c1cc[c]([Sn+]([c]2ccccc2)[c]2ccccc2)cc1.c1cc[c]([Sn+]([c]2ccccc2)[c]2ccccc2)cc1. The van der Waals surface area contributed by atoms with E-state index in [1.54, 1.807) is 0 Å². The first kappa shape index (κ1) is 28.9. The van der Waals surface area contributed by atoms with Crippen LogP contribution >= 0.6 is 0 Å². The van der Waals surface area contributed by atoms with Gasteiger partial charge in [0.1, 0.15) is 0 Å². The van der Waals surface area contributed by atoms with Crippen LogP contribution in [0.15, 0.2) is 182 Å². The van der Waals surface area contributed by atoms with Crippen LogP contribution in [0.25, 0.3) is 0 Å². The van der Waals surface area contributed by atoms with E-state index >= 15 is 0 Å². The molecule has 0 unspecified atom stereocenters. The van der Waals surface area contributed by atoms with Gasteiger partial charge in [-0.3, -0.25) is 0 Å². The van der Waals surface area contributed by atoms with E-state index in [2.05, 4.69) is 182 Å². The summed E-state index contributed by atoms with van der Waals surface area (Å²) >= 11 is -3.96. The van der Waals surface area contributed by atoms with Crippen LogP contribution in [-0.4, -0.2) is 39.5 Å². The molecule has 0 aliphatic heterocycles. The summed E-state index contributed by atoms with van der Waals surface area (Å²) in [6.45, 7) is 0. The average molecular weight is 716 g/mol. The monoisotopic (exact) mass is 718 g/mol. The third-order valence-corrected chi connectivity index (χ3v) is 22.0. The molecule has 188 valence electrons. The molecule has 0 N–H and O–H groups in total. The van der Waals surface area contributed by atoms with Crippen LogP contribution in [0.1, 0.15) is 0 Å². The first-order chi connectivity index (χ1) is 18.9. The zero-order valence-corrected chi connectivity index (χ0v) is 27.4. The van der Waals surface area contributed by atoms with Crippen molar-refractivity contribution < 1.29 is 5.48 Å². The van der Waals surface area contributed by atoms with Crippen LogP contribution < -0.4 is 21.5 Å². The summed E-state index contributed by atoms with van der Waals surface area (Å²) in [7, 11) is 0. The van der Waals surface area contributed by atoms with E-state index in [0.717, 1.165) is 0 Å². The Morgan fingerprint density at radius 2 is 0.333 bits per heavy atom. The second kappa shape index (κ2) is 15.5. The molecule has 39 heavy (non-hydrogen) atoms. The van der Waals surface area contributed by atoms with E-state index in [1.165, 1.54) is 21.5 Å². The van der Waals surface area contributed by atoms with Gasteiger partial charge >= 0.3 is 243 Å². The molecule has 0 aliphatic carbocycles. The third kappa shape index (κ3) is 7.95. The van der Waals surface area contributed by atoms with Crippen molar-refractivity contribution >= 4 is 61.0 Å². The number of hydrogen-bond donors (Lipinski definition) is 0. The van der Waals surface area contributed by atoms with E-state index in [-0.39, 0.29) is 5.48 Å². The summed E-state index contributed by atoms with van der Waals surface area (Å²) in [5, 5.41) is 0. The fraction of sp³-hybridized carbons (Fsp3) is 0. The standard InChI is InChI=1S/6C6H5.O.2Sn/c6*1-2-4-6-5-3-1;;;/h6*1-5H;;;/q;;;;;;-2;2*+1. The molecule has 0 saturated carbocycles. The topological polar surface area (TPSA) is 28.5 Å². The van der Waals surface area contributed by atoms with Gasteiger partial charge in [-0.2, -0.15) is 0 Å². The fourth-order valence-corrected chi connectivity index (χ4v) is 19.3. The zero-order chi connectivity index (χ0) is 25.8. The van der Waals surface area contributed by atoms with Crippen molar-refractivity contribution in [2.75, 3.05) is 0 Å². The Labute approximate surface area is 246 Å². The quantitative estimate of drug-likeness (QED) is 0.231. The molecular weight excluding hydrogens is 686 g/mol. The molecule has 0 aromatic heterocycles. The summed E-state index contributed by atoms with van der Waals surface area (Å²) in [5.74, 6) is 0. The van der Waals surface area contributed by atoms with Gasteiger partial charge in [0.2, 0.25) is 0 Å². The minimum absolute atomic E-state index is 0. The molecule has 0 amide bonds. The van der Waals surface area contributed by atoms with E-state index in [0.29, 0.717) is 0 Å². The van der Waals surface area contributed by atoms with E-state index in [1.807, 2.05) is 0 Å². The van der Waals surface area contributed by atoms with Gasteiger partial charge in [-0.15, -0.1) is 0 Å². The molecule has 0 saturated heterocycles. The number of benzene rings is 6. The maximum absolute atomic E-state index is 2.29. The van der Waals surface area contributed by atoms with E-state index < -0.39 is 39.5 Å². The normalized spacial score (nSPS) is 9.85. The number of hydrogen-bond acceptors (Lipinski definition) is 0. The first-order valence-corrected chi connectivity index (χ1v) is 21.5. The molecule has 6 rings (SSSR count). The molecular formula is C36H30OSn2. The average Bonchev–Trinajstić information content (AvgIpc) is 3.01. The van der Waals surface area contributed by atoms with Crippen molar-refractivity contribution in [3.05, 3.63) is 182 Å². The van der Waals surface area contributed by atoms with Gasteiger partial charge in [0, 0.05) is 0 Å². The van der Waals surface area contributed by atoms with Gasteiger partial charge in [0.05, 0.1) is 0 Å². The van der Waals surface area contributed by atoms with Crippen molar-refractivity contribution in [3.8, 4) is 0 Å². The molecule has 0 fully saturated rings. The molecule has 1 nitrogen and oxygen atoms in total. The van der Waals surface area contributed by atoms with Gasteiger partial charge in [0.25, 0.3) is 0 Å². The maximum atomic E-state index is 2.29. The molecule has 0 heterocycles. The molecule has 6 aromatic rings. The van der Waals surface area contributed by atoms with Gasteiger partial charge in [-0.25, -0.2) is 0 Å². The summed E-state index contributed by atoms with van der Waals surface area (Å²) in [4.78, 5) is 0. The first-order valence-electron chi connectivity index (χ1n) is 13.0. The molecule has 0 bridgehead atoms. The minimum atomic E-state index is -1.98. The van der Waals surface area contributed by atoms with Crippen molar-refractivity contribution in [3.63, 3.8) is 0 Å². The summed E-state index contributed by atoms with van der Waals surface area (Å²) in [6.07, 6.45) is 0. The van der Waals surface area contributed by atoms with Crippen LogP contribution in [0.5, 0.6) is 0 Å². The van der Waals surface area contributed by atoms with E-state index in [4.69, 9.17) is 0 Å². The Kier molecular flexibility index (Phi) is 11.4. The molecule has 6 aromatic carbocycles. The van der Waals surface area contributed by atoms with Crippen molar-refractivity contribution in [2.24, 2.45) is 0 Å². The molecule has 0 spiro atoms. The van der Waals surface area contributed by atoms with E-state index in [9.17, 15) is 0 Å². The molecule has 0 atom stereocenters. The van der Waals surface area contributed by atoms with Crippen molar-refractivity contribution in [1.29, 1.82) is 0 Å². The summed E-state index contributed by atoms with van der Waals surface area (Å²) in [6, 6.07) is 65.9. The van der Waals surface area contributed by atoms with Crippen LogP contribution in [0.4, 0.5) is 0 Å². The Morgan fingerprint density at radius 1 is 0.205 bits per heavy atom. The molecule has 3 heteroatoms. The fourth-order valence-electron chi connectivity index (χ4n) is 4.63. The Bertz CT molecular complexity index is 1170. The van der Waals surface area contributed by atoms with Crippen LogP contribution in [0.3, 0.4) is 0 Å². The second-order valence-electron chi connectivity index (χ2n) is 8.95. The molecule has 0 aliphatic rings. The summed E-state index contributed by atoms with van der Waals surface area (Å²) in [5.41, 5.74) is 0. The van der Waals surface area contributed by atoms with Gasteiger partial charge < -0.3 is 5.48 Å². The van der Waals surface area contributed by atoms with Gasteiger partial charge in [-0.1, -0.05) is 0 Å². The predicted octanol–water partition coefficient (Wildman–Crippen LogP) is 4.29.